The van der Waals surface area contributed by atoms with Crippen LogP contribution in [0, 0.1) is 23.7 Å². The average Bonchev–Trinajstić information content (AvgIpc) is 3.12. The Labute approximate surface area is 192 Å². The van der Waals surface area contributed by atoms with Gasteiger partial charge < -0.3 is 10.6 Å². The first-order valence-corrected chi connectivity index (χ1v) is 12.4. The van der Waals surface area contributed by atoms with Gasteiger partial charge in [0.15, 0.2) is 0 Å². The Balaban J connectivity index is 1.42. The lowest BCUT2D eigenvalue weighted by Crippen LogP contribution is -2.74. The van der Waals surface area contributed by atoms with Gasteiger partial charge in [-0.3, -0.25) is 9.69 Å². The number of fused-ring (bicyclic) bond motifs is 1. The van der Waals surface area contributed by atoms with Crippen molar-refractivity contribution in [3.8, 4) is 0 Å². The van der Waals surface area contributed by atoms with Crippen molar-refractivity contribution in [2.45, 2.75) is 51.2 Å². The van der Waals surface area contributed by atoms with E-state index in [0.717, 1.165) is 38.0 Å². The number of nitrogens with zero attached hydrogens (tertiary/aromatic N) is 1. The van der Waals surface area contributed by atoms with Crippen LogP contribution in [0.15, 0.2) is 60.7 Å². The highest BCUT2D eigenvalue weighted by Crippen LogP contribution is 2.52. The molecule has 4 bridgehead atoms. The zero-order valence-electron chi connectivity index (χ0n) is 19.5. The molecule has 5 atom stereocenters. The van der Waals surface area contributed by atoms with E-state index in [9.17, 15) is 4.79 Å². The molecule has 5 unspecified atom stereocenters. The number of amides is 1. The van der Waals surface area contributed by atoms with E-state index in [1.54, 1.807) is 0 Å². The lowest BCUT2D eigenvalue weighted by atomic mass is 9.58. The second-order valence-corrected chi connectivity index (χ2v) is 10.6. The van der Waals surface area contributed by atoms with Gasteiger partial charge in [0.1, 0.15) is 5.54 Å². The van der Waals surface area contributed by atoms with Crippen molar-refractivity contribution in [2.24, 2.45) is 23.7 Å². The smallest absolute Gasteiger partial charge is 0.240 e. The molecule has 1 aliphatic carbocycles. The van der Waals surface area contributed by atoms with Gasteiger partial charge >= 0.3 is 0 Å². The number of nitrogens with one attached hydrogen (secondary N) is 2. The Morgan fingerprint density at radius 2 is 1.78 bits per heavy atom. The van der Waals surface area contributed by atoms with Crippen molar-refractivity contribution in [3.05, 3.63) is 71.8 Å². The van der Waals surface area contributed by atoms with Gasteiger partial charge in [-0.25, -0.2) is 0 Å². The van der Waals surface area contributed by atoms with Gasteiger partial charge in [0.2, 0.25) is 5.91 Å². The monoisotopic (exact) mass is 431 g/mol. The van der Waals surface area contributed by atoms with E-state index < -0.39 is 5.54 Å². The van der Waals surface area contributed by atoms with Gasteiger partial charge in [-0.2, -0.15) is 0 Å². The first-order valence-electron chi connectivity index (χ1n) is 12.4. The number of benzene rings is 2. The van der Waals surface area contributed by atoms with Crippen LogP contribution in [-0.2, 0) is 17.8 Å². The van der Waals surface area contributed by atoms with Crippen LogP contribution in [0.3, 0.4) is 0 Å². The molecule has 4 nitrogen and oxygen atoms in total. The van der Waals surface area contributed by atoms with E-state index in [-0.39, 0.29) is 5.91 Å². The third-order valence-corrected chi connectivity index (χ3v) is 8.21. The summed E-state index contributed by atoms with van der Waals surface area (Å²) in [6, 6.07) is 21.5. The van der Waals surface area contributed by atoms with Crippen LogP contribution in [-0.4, -0.2) is 42.0 Å². The minimum Gasteiger partial charge on any atom is -0.350 e. The zero-order chi connectivity index (χ0) is 22.1. The summed E-state index contributed by atoms with van der Waals surface area (Å²) >= 11 is 0. The summed E-state index contributed by atoms with van der Waals surface area (Å²) in [5.41, 5.74) is 2.03. The molecular formula is C28H37N3O. The van der Waals surface area contributed by atoms with Crippen molar-refractivity contribution in [2.75, 3.05) is 19.6 Å². The molecule has 1 amide bonds. The van der Waals surface area contributed by atoms with Crippen LogP contribution in [0.2, 0.25) is 0 Å². The molecule has 0 aromatic heterocycles. The molecule has 2 aromatic carbocycles. The van der Waals surface area contributed by atoms with E-state index in [2.05, 4.69) is 71.8 Å². The highest BCUT2D eigenvalue weighted by molar-refractivity contribution is 5.87. The van der Waals surface area contributed by atoms with Crippen LogP contribution >= 0.6 is 0 Å². The topological polar surface area (TPSA) is 44.4 Å². The molecule has 3 aliphatic heterocycles. The van der Waals surface area contributed by atoms with Crippen molar-refractivity contribution in [1.29, 1.82) is 0 Å². The third-order valence-electron chi connectivity index (χ3n) is 8.21. The Bertz CT molecular complexity index is 915. The zero-order valence-corrected chi connectivity index (χ0v) is 19.5. The van der Waals surface area contributed by atoms with Gasteiger partial charge in [-0.15, -0.1) is 0 Å². The standard InChI is InChI=1S/C28H37N3O/c1-20(2)13-14-31-19-23-16-28(27(32)29-17-22-11-7-4-8-12-22)25(26(31)24(23)18-30-28)15-21-9-5-3-6-10-21/h3-12,20,23-26,30H,13-19H2,1-2H3,(H,29,32). The molecule has 1 saturated carbocycles. The Morgan fingerprint density at radius 1 is 1.09 bits per heavy atom. The molecule has 170 valence electrons. The molecule has 2 aromatic rings. The number of hydrogen-bond donors (Lipinski definition) is 2. The van der Waals surface area contributed by atoms with Crippen LogP contribution < -0.4 is 10.6 Å². The third kappa shape index (κ3) is 3.99. The molecule has 3 heterocycles. The van der Waals surface area contributed by atoms with E-state index >= 15 is 0 Å². The van der Waals surface area contributed by atoms with Crippen molar-refractivity contribution >= 4 is 5.91 Å². The molecule has 6 rings (SSSR count). The Hall–Kier alpha value is -2.17. The summed E-state index contributed by atoms with van der Waals surface area (Å²) < 4.78 is 0. The maximum absolute atomic E-state index is 13.8. The second kappa shape index (κ2) is 8.99. The van der Waals surface area contributed by atoms with Crippen molar-refractivity contribution in [1.82, 2.24) is 15.5 Å². The summed E-state index contributed by atoms with van der Waals surface area (Å²) in [6.07, 6.45) is 3.15. The lowest BCUT2D eigenvalue weighted by Gasteiger charge is -2.56. The van der Waals surface area contributed by atoms with E-state index in [1.807, 2.05) is 18.2 Å². The van der Waals surface area contributed by atoms with E-state index in [4.69, 9.17) is 0 Å². The number of carbonyl (C=O) groups excluding carboxylic acids is 1. The van der Waals surface area contributed by atoms with Gasteiger partial charge in [0.05, 0.1) is 0 Å². The number of piperidine rings is 2. The van der Waals surface area contributed by atoms with Crippen LogP contribution in [0.4, 0.5) is 0 Å². The van der Waals surface area contributed by atoms with Crippen LogP contribution in [0.1, 0.15) is 37.8 Å². The molecular weight excluding hydrogens is 394 g/mol. The molecule has 4 heteroatoms. The quantitative estimate of drug-likeness (QED) is 0.667. The van der Waals surface area contributed by atoms with Crippen LogP contribution in [0.25, 0.3) is 0 Å². The number of likely N-dealkylation sites (tertiary alicyclic amines) is 1. The maximum Gasteiger partial charge on any atom is 0.240 e. The molecule has 0 spiro atoms. The van der Waals surface area contributed by atoms with Crippen molar-refractivity contribution in [3.63, 3.8) is 0 Å². The summed E-state index contributed by atoms with van der Waals surface area (Å²) in [5, 5.41) is 7.10. The van der Waals surface area contributed by atoms with Gasteiger partial charge in [-0.05, 0) is 54.7 Å². The summed E-state index contributed by atoms with van der Waals surface area (Å²) in [7, 11) is 0. The highest BCUT2D eigenvalue weighted by Gasteiger charge is 2.64. The summed E-state index contributed by atoms with van der Waals surface area (Å²) in [5.74, 6) is 2.50. The number of carbonyl (C=O) groups is 1. The summed E-state index contributed by atoms with van der Waals surface area (Å²) in [6.45, 7) is 8.51. The van der Waals surface area contributed by atoms with Crippen molar-refractivity contribution < 1.29 is 4.79 Å². The minimum absolute atomic E-state index is 0.196. The predicted molar refractivity (Wildman–Crippen MR) is 129 cm³/mol. The van der Waals surface area contributed by atoms with Crippen LogP contribution in [0.5, 0.6) is 0 Å². The first kappa shape index (κ1) is 21.7. The molecule has 3 saturated heterocycles. The molecule has 2 N–H and O–H groups in total. The molecule has 32 heavy (non-hydrogen) atoms. The fraction of sp³-hybridized carbons (Fsp3) is 0.536. The SMILES string of the molecule is CC(C)CCN1CC2CC3(C(=O)NCc4ccccc4)NCC2C1C3Cc1ccccc1. The van der Waals surface area contributed by atoms with Gasteiger partial charge in [-0.1, -0.05) is 74.5 Å². The first-order chi connectivity index (χ1) is 15.6. The van der Waals surface area contributed by atoms with Gasteiger partial charge in [0, 0.05) is 31.6 Å². The maximum atomic E-state index is 13.8. The molecule has 4 aliphatic rings. The molecule has 0 radical (unpaired) electrons. The minimum atomic E-state index is -0.471. The molecule has 4 fully saturated rings. The second-order valence-electron chi connectivity index (χ2n) is 10.6. The lowest BCUT2D eigenvalue weighted by molar-refractivity contribution is -0.138. The Morgan fingerprint density at radius 3 is 2.47 bits per heavy atom. The van der Waals surface area contributed by atoms with E-state index in [0.29, 0.717) is 36.3 Å². The number of hydrogen-bond acceptors (Lipinski definition) is 3. The van der Waals surface area contributed by atoms with E-state index in [1.165, 1.54) is 12.0 Å². The fourth-order valence-electron chi connectivity index (χ4n) is 6.63. The predicted octanol–water partition coefficient (Wildman–Crippen LogP) is 3.87. The Kier molecular flexibility index (Phi) is 6.09. The average molecular weight is 432 g/mol. The normalized spacial score (nSPS) is 31.2. The summed E-state index contributed by atoms with van der Waals surface area (Å²) in [4.78, 5) is 16.6. The fourth-order valence-corrected chi connectivity index (χ4v) is 6.63. The highest BCUT2D eigenvalue weighted by atomic mass is 16.2. The largest absolute Gasteiger partial charge is 0.350 e. The number of rotatable bonds is 8. The van der Waals surface area contributed by atoms with Gasteiger partial charge in [0.25, 0.3) is 0 Å².